The summed E-state index contributed by atoms with van der Waals surface area (Å²) in [6.45, 7) is 6.92. The minimum Gasteiger partial charge on any atom is -0.352 e. The topological polar surface area (TPSA) is 86.8 Å². The van der Waals surface area contributed by atoms with Crippen molar-refractivity contribution in [3.63, 3.8) is 0 Å². The summed E-state index contributed by atoms with van der Waals surface area (Å²) in [7, 11) is -3.95. The zero-order chi connectivity index (χ0) is 26.5. The second-order valence-corrected chi connectivity index (χ2v) is 11.7. The van der Waals surface area contributed by atoms with Crippen molar-refractivity contribution in [1.29, 1.82) is 0 Å². The highest BCUT2D eigenvalue weighted by Gasteiger charge is 2.33. The second kappa shape index (κ2) is 12.3. The normalized spacial score (nSPS) is 12.4. The predicted octanol–water partition coefficient (Wildman–Crippen LogP) is 5.05. The molecule has 1 N–H and O–H groups in total. The van der Waals surface area contributed by atoms with Crippen LogP contribution in [0.25, 0.3) is 0 Å². The third-order valence-electron chi connectivity index (χ3n) is 5.36. The third-order valence-corrected chi connectivity index (χ3v) is 7.51. The van der Waals surface area contributed by atoms with Crippen molar-refractivity contribution in [2.45, 2.75) is 52.7 Å². The van der Waals surface area contributed by atoms with Crippen LogP contribution >= 0.6 is 34.8 Å². The van der Waals surface area contributed by atoms with Gasteiger partial charge in [-0.3, -0.25) is 13.9 Å². The number of hydrogen-bond acceptors (Lipinski definition) is 4. The van der Waals surface area contributed by atoms with Gasteiger partial charge in [0.15, 0.2) is 0 Å². The van der Waals surface area contributed by atoms with Crippen molar-refractivity contribution >= 4 is 62.3 Å². The van der Waals surface area contributed by atoms with E-state index >= 15 is 0 Å². The van der Waals surface area contributed by atoms with Crippen LogP contribution in [0.2, 0.25) is 15.1 Å². The average molecular weight is 563 g/mol. The molecule has 0 saturated heterocycles. The molecule has 0 aliphatic carbocycles. The lowest BCUT2D eigenvalue weighted by Crippen LogP contribution is -2.53. The Bertz CT molecular complexity index is 1190. The van der Waals surface area contributed by atoms with Crippen LogP contribution in [0.4, 0.5) is 5.69 Å². The number of halogens is 3. The number of carbonyl (C=O) groups excluding carboxylic acids is 2. The maximum atomic E-state index is 13.7. The van der Waals surface area contributed by atoms with Crippen molar-refractivity contribution in [3.8, 4) is 0 Å². The first kappa shape index (κ1) is 29.2. The highest BCUT2D eigenvalue weighted by atomic mass is 35.5. The molecule has 7 nitrogen and oxygen atoms in total. The molecule has 2 rings (SSSR count). The van der Waals surface area contributed by atoms with Crippen LogP contribution in [0.5, 0.6) is 0 Å². The zero-order valence-corrected chi connectivity index (χ0v) is 23.4. The molecule has 2 amide bonds. The van der Waals surface area contributed by atoms with Gasteiger partial charge in [-0.1, -0.05) is 66.0 Å². The summed E-state index contributed by atoms with van der Waals surface area (Å²) in [6.07, 6.45) is 1.30. The van der Waals surface area contributed by atoms with Gasteiger partial charge in [-0.05, 0) is 50.5 Å². The molecule has 1 atom stereocenters. The van der Waals surface area contributed by atoms with Crippen LogP contribution in [0.3, 0.4) is 0 Å². The second-order valence-electron chi connectivity index (χ2n) is 8.52. The van der Waals surface area contributed by atoms with Crippen molar-refractivity contribution < 1.29 is 18.0 Å². The van der Waals surface area contributed by atoms with Crippen molar-refractivity contribution in [2.24, 2.45) is 0 Å². The molecule has 0 radical (unpaired) electrons. The monoisotopic (exact) mass is 561 g/mol. The number of sulfonamides is 1. The van der Waals surface area contributed by atoms with Crippen molar-refractivity contribution in [1.82, 2.24) is 10.2 Å². The number of anilines is 1. The molecule has 0 fully saturated rings. The van der Waals surface area contributed by atoms with E-state index in [0.29, 0.717) is 6.42 Å². The van der Waals surface area contributed by atoms with Crippen LogP contribution in [0.15, 0.2) is 36.4 Å². The molecule has 0 aliphatic heterocycles. The predicted molar refractivity (Wildman–Crippen MR) is 143 cm³/mol. The van der Waals surface area contributed by atoms with Gasteiger partial charge in [0.1, 0.15) is 12.6 Å². The van der Waals surface area contributed by atoms with Crippen molar-refractivity contribution in [2.75, 3.05) is 17.1 Å². The number of benzene rings is 2. The number of rotatable bonds is 10. The van der Waals surface area contributed by atoms with E-state index < -0.39 is 28.5 Å². The first-order valence-electron chi connectivity index (χ1n) is 11.0. The fourth-order valence-corrected chi connectivity index (χ4v) is 5.12. The highest BCUT2D eigenvalue weighted by Crippen LogP contribution is 2.35. The van der Waals surface area contributed by atoms with E-state index in [-0.39, 0.29) is 39.2 Å². The van der Waals surface area contributed by atoms with Crippen molar-refractivity contribution in [3.05, 3.63) is 62.6 Å². The lowest BCUT2D eigenvalue weighted by molar-refractivity contribution is -0.140. The van der Waals surface area contributed by atoms with E-state index in [1.165, 1.54) is 17.0 Å². The molecule has 0 bridgehead atoms. The van der Waals surface area contributed by atoms with E-state index in [4.69, 9.17) is 34.8 Å². The summed E-state index contributed by atoms with van der Waals surface area (Å²) < 4.78 is 26.3. The van der Waals surface area contributed by atoms with E-state index in [1.54, 1.807) is 6.92 Å². The minimum absolute atomic E-state index is 0.0208. The Hall–Kier alpha value is -2.00. The standard InChI is InChI=1S/C24H30Cl3N3O4S/c1-6-21(24(32)28-15(2)3)29(13-17-10-8-7-9-16(17)4)23(31)14-30(35(5,33)34)22-12-19(26)18(25)11-20(22)27/h7-12,15,21H,6,13-14H2,1-5H3,(H,28,32)/t21-/m0/s1. The molecule has 0 spiro atoms. The largest absolute Gasteiger partial charge is 0.352 e. The van der Waals surface area contributed by atoms with Crippen LogP contribution in [-0.4, -0.2) is 50.0 Å². The summed E-state index contributed by atoms with van der Waals surface area (Å²) in [5, 5.41) is 3.11. The Labute approximate surface area is 222 Å². The Morgan fingerprint density at radius 2 is 1.63 bits per heavy atom. The van der Waals surface area contributed by atoms with E-state index in [1.807, 2.05) is 45.0 Å². The smallest absolute Gasteiger partial charge is 0.244 e. The number of nitrogens with one attached hydrogen (secondary N) is 1. The molecular formula is C24H30Cl3N3O4S. The quantitative estimate of drug-likeness (QED) is 0.411. The maximum absolute atomic E-state index is 13.7. The van der Waals surface area contributed by atoms with Crippen LogP contribution in [0, 0.1) is 6.92 Å². The summed E-state index contributed by atoms with van der Waals surface area (Å²) in [4.78, 5) is 28.1. The molecular weight excluding hydrogens is 533 g/mol. The number of carbonyl (C=O) groups is 2. The lowest BCUT2D eigenvalue weighted by atomic mass is 10.1. The summed E-state index contributed by atoms with van der Waals surface area (Å²) in [5.41, 5.74) is 1.81. The van der Waals surface area contributed by atoms with Gasteiger partial charge >= 0.3 is 0 Å². The lowest BCUT2D eigenvalue weighted by Gasteiger charge is -2.33. The Kier molecular flexibility index (Phi) is 10.3. The molecule has 0 saturated carbocycles. The fraction of sp³-hybridized carbons (Fsp3) is 0.417. The summed E-state index contributed by atoms with van der Waals surface area (Å²) >= 11 is 18.4. The number of aryl methyl sites for hydroxylation is 1. The minimum atomic E-state index is -3.95. The molecule has 192 valence electrons. The first-order valence-corrected chi connectivity index (χ1v) is 14.0. The Morgan fingerprint density at radius 3 is 2.17 bits per heavy atom. The van der Waals surface area contributed by atoms with Gasteiger partial charge in [0.25, 0.3) is 0 Å². The van der Waals surface area contributed by atoms with Crippen LogP contribution in [0.1, 0.15) is 38.3 Å². The van der Waals surface area contributed by atoms with Gasteiger partial charge in [-0.15, -0.1) is 0 Å². The summed E-state index contributed by atoms with van der Waals surface area (Å²) in [5.74, 6) is -0.880. The Morgan fingerprint density at radius 1 is 1.03 bits per heavy atom. The van der Waals surface area contributed by atoms with Crippen LogP contribution in [-0.2, 0) is 26.2 Å². The average Bonchev–Trinajstić information content (AvgIpc) is 2.74. The summed E-state index contributed by atoms with van der Waals surface area (Å²) in [6, 6.07) is 9.18. The van der Waals surface area contributed by atoms with Gasteiger partial charge in [0.2, 0.25) is 21.8 Å². The number of hydrogen-bond donors (Lipinski definition) is 1. The first-order chi connectivity index (χ1) is 16.3. The van der Waals surface area contributed by atoms with Crippen LogP contribution < -0.4 is 9.62 Å². The molecule has 2 aromatic carbocycles. The van der Waals surface area contributed by atoms with E-state index in [0.717, 1.165) is 21.7 Å². The maximum Gasteiger partial charge on any atom is 0.244 e. The van der Waals surface area contributed by atoms with Gasteiger partial charge in [0, 0.05) is 12.6 Å². The highest BCUT2D eigenvalue weighted by molar-refractivity contribution is 7.92. The molecule has 0 unspecified atom stereocenters. The SMILES string of the molecule is CC[C@@H](C(=O)NC(C)C)N(Cc1ccccc1C)C(=O)CN(c1cc(Cl)c(Cl)cc1Cl)S(C)(=O)=O. The molecule has 11 heteroatoms. The number of amides is 2. The molecule has 35 heavy (non-hydrogen) atoms. The zero-order valence-electron chi connectivity index (χ0n) is 20.3. The molecule has 0 aromatic heterocycles. The van der Waals surface area contributed by atoms with E-state index in [9.17, 15) is 18.0 Å². The molecule has 0 heterocycles. The van der Waals surface area contributed by atoms with E-state index in [2.05, 4.69) is 5.32 Å². The van der Waals surface area contributed by atoms with Gasteiger partial charge in [-0.25, -0.2) is 8.42 Å². The van der Waals surface area contributed by atoms with Gasteiger partial charge in [-0.2, -0.15) is 0 Å². The fourth-order valence-electron chi connectivity index (χ4n) is 3.57. The molecule has 0 aliphatic rings. The van der Waals surface area contributed by atoms with Gasteiger partial charge in [0.05, 0.1) is 27.0 Å². The Balaban J connectivity index is 2.53. The molecule has 2 aromatic rings. The number of nitrogens with zero attached hydrogens (tertiary/aromatic N) is 2. The third kappa shape index (κ3) is 7.74. The van der Waals surface area contributed by atoms with Gasteiger partial charge < -0.3 is 10.2 Å².